The minimum Gasteiger partial charge on any atom is -0.309 e. The molecule has 268 valence electrons. The van der Waals surface area contributed by atoms with Gasteiger partial charge in [0.15, 0.2) is 0 Å². The minimum atomic E-state index is 1.16. The first-order valence-corrected chi connectivity index (χ1v) is 20.8. The van der Waals surface area contributed by atoms with E-state index in [4.69, 9.17) is 0 Å². The van der Waals surface area contributed by atoms with Gasteiger partial charge in [-0.25, -0.2) is 0 Å². The Morgan fingerprint density at radius 2 is 0.759 bits per heavy atom. The molecule has 0 fully saturated rings. The molecule has 0 N–H and O–H groups in total. The lowest BCUT2D eigenvalue weighted by Crippen LogP contribution is -1.96. The number of benzene rings is 11. The van der Waals surface area contributed by atoms with E-state index in [9.17, 15) is 0 Å². The van der Waals surface area contributed by atoms with Crippen molar-refractivity contribution in [1.29, 1.82) is 0 Å². The van der Waals surface area contributed by atoms with Crippen LogP contribution >= 0.6 is 11.3 Å². The molecule has 0 bridgehead atoms. The molecular weight excluding hydrogens is 719 g/mol. The maximum Gasteiger partial charge on any atom is 0.0541 e. The summed E-state index contributed by atoms with van der Waals surface area (Å²) in [6.45, 7) is 0. The van der Waals surface area contributed by atoms with Gasteiger partial charge in [0.2, 0.25) is 0 Å². The molecule has 13 rings (SSSR count). The van der Waals surface area contributed by atoms with Crippen molar-refractivity contribution in [3.8, 4) is 27.9 Å². The second kappa shape index (κ2) is 12.1. The molecule has 2 aromatic heterocycles. The molecule has 0 atom stereocenters. The highest BCUT2D eigenvalue weighted by atomic mass is 32.1. The minimum absolute atomic E-state index is 1.16. The summed E-state index contributed by atoms with van der Waals surface area (Å²) in [7, 11) is 0. The van der Waals surface area contributed by atoms with Crippen molar-refractivity contribution < 1.29 is 0 Å². The van der Waals surface area contributed by atoms with Gasteiger partial charge in [-0.05, 0) is 137 Å². The van der Waals surface area contributed by atoms with Crippen LogP contribution in [0.3, 0.4) is 0 Å². The maximum atomic E-state index is 2.46. The summed E-state index contributed by atoms with van der Waals surface area (Å²) in [6, 6.07) is 74.7. The summed E-state index contributed by atoms with van der Waals surface area (Å²) in [4.78, 5) is 0. The van der Waals surface area contributed by atoms with Crippen LogP contribution in [0.1, 0.15) is 0 Å². The lowest BCUT2D eigenvalue weighted by atomic mass is 9.92. The number of hydrogen-bond acceptors (Lipinski definition) is 1. The molecule has 0 aliphatic carbocycles. The van der Waals surface area contributed by atoms with Crippen LogP contribution in [0.5, 0.6) is 0 Å². The summed E-state index contributed by atoms with van der Waals surface area (Å²) in [5.41, 5.74) is 8.40. The van der Waals surface area contributed by atoms with E-state index in [1.54, 1.807) is 0 Å². The molecule has 0 amide bonds. The normalized spacial score (nSPS) is 12.1. The molecule has 0 saturated carbocycles. The molecule has 0 spiro atoms. The Morgan fingerprint density at radius 3 is 1.45 bits per heavy atom. The Kier molecular flexibility index (Phi) is 6.66. The maximum absolute atomic E-state index is 2.46. The highest BCUT2D eigenvalue weighted by molar-refractivity contribution is 7.25. The zero-order valence-electron chi connectivity index (χ0n) is 31.4. The van der Waals surface area contributed by atoms with E-state index >= 15 is 0 Å². The predicted octanol–water partition coefficient (Wildman–Crippen LogP) is 16.3. The van der Waals surface area contributed by atoms with E-state index in [0.717, 1.165) is 5.69 Å². The van der Waals surface area contributed by atoms with Crippen LogP contribution < -0.4 is 0 Å². The molecule has 0 aliphatic rings. The first-order chi connectivity index (χ1) is 28.7. The lowest BCUT2D eigenvalue weighted by Gasteiger charge is -2.15. The van der Waals surface area contributed by atoms with Gasteiger partial charge in [0.05, 0.1) is 11.0 Å². The Hall–Kier alpha value is -7.26. The number of hydrogen-bond donors (Lipinski definition) is 0. The SMILES string of the molecule is c1ccc2c(c1)ccc1cc(-c3cc(-c4ccc5sc6cc7c8ccccc8c8ccccc8c7cc6c5c4)cc(-n4c5ccccc5c5ccccc54)c3)ccc12. The molecule has 0 aliphatic heterocycles. The van der Waals surface area contributed by atoms with Crippen LogP contribution in [0, 0.1) is 0 Å². The molecule has 0 saturated heterocycles. The van der Waals surface area contributed by atoms with Gasteiger partial charge >= 0.3 is 0 Å². The second-order valence-electron chi connectivity index (χ2n) is 15.7. The first-order valence-electron chi connectivity index (χ1n) is 20.0. The number of nitrogens with zero attached hydrogens (tertiary/aromatic N) is 1. The smallest absolute Gasteiger partial charge is 0.0541 e. The summed E-state index contributed by atoms with van der Waals surface area (Å²) in [5.74, 6) is 0. The third-order valence-corrected chi connectivity index (χ3v) is 13.6. The van der Waals surface area contributed by atoms with E-state index in [1.807, 2.05) is 11.3 Å². The van der Waals surface area contributed by atoms with Crippen LogP contribution in [-0.2, 0) is 0 Å². The van der Waals surface area contributed by atoms with Crippen LogP contribution in [0.2, 0.25) is 0 Å². The van der Waals surface area contributed by atoms with E-state index in [-0.39, 0.29) is 0 Å². The fourth-order valence-electron chi connectivity index (χ4n) is 9.82. The van der Waals surface area contributed by atoms with Crippen LogP contribution in [0.15, 0.2) is 200 Å². The van der Waals surface area contributed by atoms with Gasteiger partial charge in [-0.2, -0.15) is 0 Å². The third kappa shape index (κ3) is 4.64. The van der Waals surface area contributed by atoms with Crippen LogP contribution in [0.4, 0.5) is 0 Å². The molecule has 13 aromatic rings. The monoisotopic (exact) mass is 751 g/mol. The fourth-order valence-corrected chi connectivity index (χ4v) is 10.9. The number of fused-ring (bicyclic) bond motifs is 15. The topological polar surface area (TPSA) is 4.93 Å². The van der Waals surface area contributed by atoms with Crippen molar-refractivity contribution in [2.75, 3.05) is 0 Å². The van der Waals surface area contributed by atoms with Crippen molar-refractivity contribution in [2.45, 2.75) is 0 Å². The van der Waals surface area contributed by atoms with E-state index in [0.29, 0.717) is 0 Å². The molecule has 58 heavy (non-hydrogen) atoms. The number of thiophene rings is 1. The van der Waals surface area contributed by atoms with E-state index < -0.39 is 0 Å². The van der Waals surface area contributed by atoms with Gasteiger partial charge < -0.3 is 4.57 Å². The average Bonchev–Trinajstić information content (AvgIpc) is 3.83. The largest absolute Gasteiger partial charge is 0.309 e. The number of para-hydroxylation sites is 2. The summed E-state index contributed by atoms with van der Waals surface area (Å²) in [5, 5.41) is 18.1. The van der Waals surface area contributed by atoms with Gasteiger partial charge in [-0.3, -0.25) is 0 Å². The van der Waals surface area contributed by atoms with Crippen molar-refractivity contribution >= 4 is 107 Å². The van der Waals surface area contributed by atoms with Crippen LogP contribution in [0.25, 0.3) is 124 Å². The van der Waals surface area contributed by atoms with Crippen LogP contribution in [-0.4, -0.2) is 4.57 Å². The Labute approximate surface area is 338 Å². The van der Waals surface area contributed by atoms with Crippen molar-refractivity contribution in [2.24, 2.45) is 0 Å². The summed E-state index contributed by atoms with van der Waals surface area (Å²) in [6.07, 6.45) is 0. The summed E-state index contributed by atoms with van der Waals surface area (Å²) >= 11 is 1.90. The molecule has 11 aromatic carbocycles. The third-order valence-electron chi connectivity index (χ3n) is 12.5. The molecule has 2 heteroatoms. The zero-order chi connectivity index (χ0) is 37.9. The van der Waals surface area contributed by atoms with Gasteiger partial charge in [-0.1, -0.05) is 140 Å². The molecule has 1 nitrogen and oxygen atoms in total. The van der Waals surface area contributed by atoms with Crippen molar-refractivity contribution in [1.82, 2.24) is 4.57 Å². The zero-order valence-corrected chi connectivity index (χ0v) is 32.2. The second-order valence-corrected chi connectivity index (χ2v) is 16.7. The Bertz CT molecular complexity index is 3810. The number of rotatable bonds is 3. The van der Waals surface area contributed by atoms with E-state index in [2.05, 4.69) is 205 Å². The number of aromatic nitrogens is 1. The molecule has 0 radical (unpaired) electrons. The molecule has 2 heterocycles. The Balaban J connectivity index is 1.06. The van der Waals surface area contributed by atoms with Gasteiger partial charge in [0, 0.05) is 36.6 Å². The molecule has 0 unspecified atom stereocenters. The van der Waals surface area contributed by atoms with Crippen molar-refractivity contribution in [3.63, 3.8) is 0 Å². The standard InChI is InChI=1S/C56H33NS/c1-2-12-41-34(11-1)21-22-37-27-35(23-25-42(37)41)38-28-39(30-40(29-38)57-53-19-9-7-17-47(53)48-18-8-10-20-54(48)57)36-24-26-55-51(31-36)52-32-49-45-15-5-3-13-43(45)44-14-4-6-16-46(44)50(49)33-56(52)58-55/h1-33H. The lowest BCUT2D eigenvalue weighted by molar-refractivity contribution is 1.18. The van der Waals surface area contributed by atoms with Crippen molar-refractivity contribution in [3.05, 3.63) is 200 Å². The summed E-state index contributed by atoms with van der Waals surface area (Å²) < 4.78 is 5.08. The predicted molar refractivity (Wildman–Crippen MR) is 252 cm³/mol. The Morgan fingerprint density at radius 1 is 0.259 bits per heavy atom. The quantitative estimate of drug-likeness (QED) is 0.158. The highest BCUT2D eigenvalue weighted by Crippen LogP contribution is 2.44. The average molecular weight is 752 g/mol. The van der Waals surface area contributed by atoms with Gasteiger partial charge in [0.25, 0.3) is 0 Å². The molecular formula is C56H33NS. The van der Waals surface area contributed by atoms with E-state index in [1.165, 1.54) is 118 Å². The first kappa shape index (κ1) is 31.9. The highest BCUT2D eigenvalue weighted by Gasteiger charge is 2.17. The fraction of sp³-hybridized carbons (Fsp3) is 0. The van der Waals surface area contributed by atoms with Gasteiger partial charge in [-0.15, -0.1) is 11.3 Å². The van der Waals surface area contributed by atoms with Gasteiger partial charge in [0.1, 0.15) is 0 Å².